The van der Waals surface area contributed by atoms with Crippen LogP contribution in [0.5, 0.6) is 5.75 Å². The van der Waals surface area contributed by atoms with Crippen LogP contribution in [-0.4, -0.2) is 12.1 Å². The molecule has 0 unspecified atom stereocenters. The average molecular weight is 660 g/mol. The number of amides is 1. The summed E-state index contributed by atoms with van der Waals surface area (Å²) in [5.41, 5.74) is 6.80. The molecular formula is C27H22I2N2O2. The van der Waals surface area contributed by atoms with Crippen LogP contribution in [0.1, 0.15) is 22.3 Å². The zero-order chi connectivity index (χ0) is 23.2. The first kappa shape index (κ1) is 23.7. The Hall–Kier alpha value is -2.46. The molecule has 0 fully saturated rings. The van der Waals surface area contributed by atoms with Crippen LogP contribution in [0.25, 0.3) is 10.8 Å². The summed E-state index contributed by atoms with van der Waals surface area (Å²) in [5, 5.41) is 6.53. The Kier molecular flexibility index (Phi) is 7.97. The summed E-state index contributed by atoms with van der Waals surface area (Å²) in [6.07, 6.45) is 1.96. The number of rotatable bonds is 7. The maximum atomic E-state index is 12.1. The highest BCUT2D eigenvalue weighted by molar-refractivity contribution is 14.1. The fourth-order valence-corrected chi connectivity index (χ4v) is 5.60. The molecule has 4 rings (SSSR count). The average Bonchev–Trinajstić information content (AvgIpc) is 2.80. The number of ether oxygens (including phenoxy) is 1. The van der Waals surface area contributed by atoms with Crippen LogP contribution in [0, 0.1) is 14.1 Å². The number of carbonyl (C=O) groups is 1. The Bertz CT molecular complexity index is 1290. The summed E-state index contributed by atoms with van der Waals surface area (Å²) in [5.74, 6) is 0.708. The van der Waals surface area contributed by atoms with Crippen LogP contribution in [0.2, 0.25) is 0 Å². The van der Waals surface area contributed by atoms with E-state index in [9.17, 15) is 4.79 Å². The van der Waals surface area contributed by atoms with Gasteiger partial charge in [-0.25, -0.2) is 5.43 Å². The van der Waals surface area contributed by atoms with Gasteiger partial charge in [0.25, 0.3) is 0 Å². The predicted molar refractivity (Wildman–Crippen MR) is 151 cm³/mol. The Morgan fingerprint density at radius 1 is 0.970 bits per heavy atom. The van der Waals surface area contributed by atoms with Crippen LogP contribution >= 0.6 is 45.2 Å². The SMILES string of the molecule is Cc1ccc(CC(=O)N/N=C/c2cc(I)c(OCc3cccc4ccccc34)c(I)c2)cc1. The van der Waals surface area contributed by atoms with E-state index in [0.717, 1.165) is 29.6 Å². The lowest BCUT2D eigenvalue weighted by molar-refractivity contribution is -0.120. The van der Waals surface area contributed by atoms with Gasteiger partial charge in [0, 0.05) is 0 Å². The van der Waals surface area contributed by atoms with Gasteiger partial charge in [-0.05, 0) is 91.7 Å². The van der Waals surface area contributed by atoms with Crippen molar-refractivity contribution >= 4 is 68.1 Å². The van der Waals surface area contributed by atoms with Crippen molar-refractivity contribution in [1.29, 1.82) is 0 Å². The van der Waals surface area contributed by atoms with Gasteiger partial charge in [-0.3, -0.25) is 4.79 Å². The van der Waals surface area contributed by atoms with Crippen molar-refractivity contribution in [2.45, 2.75) is 20.0 Å². The third kappa shape index (κ3) is 6.32. The molecule has 4 aromatic carbocycles. The molecular weight excluding hydrogens is 638 g/mol. The van der Waals surface area contributed by atoms with Crippen LogP contribution in [0.3, 0.4) is 0 Å². The lowest BCUT2D eigenvalue weighted by Crippen LogP contribution is -2.19. The molecule has 0 aliphatic rings. The summed E-state index contributed by atoms with van der Waals surface area (Å²) < 4.78 is 8.19. The first-order valence-electron chi connectivity index (χ1n) is 10.5. The van der Waals surface area contributed by atoms with E-state index >= 15 is 0 Å². The van der Waals surface area contributed by atoms with E-state index in [1.807, 2.05) is 55.5 Å². The molecule has 0 saturated carbocycles. The summed E-state index contributed by atoms with van der Waals surface area (Å²) >= 11 is 4.55. The van der Waals surface area contributed by atoms with Gasteiger partial charge in [0.05, 0.1) is 19.8 Å². The number of aryl methyl sites for hydroxylation is 1. The molecule has 0 bridgehead atoms. The Balaban J connectivity index is 1.39. The first-order valence-corrected chi connectivity index (χ1v) is 12.6. The van der Waals surface area contributed by atoms with E-state index in [2.05, 4.69) is 86.0 Å². The number of carbonyl (C=O) groups excluding carboxylic acids is 1. The summed E-state index contributed by atoms with van der Waals surface area (Å²) in [6, 6.07) is 26.5. The van der Waals surface area contributed by atoms with Gasteiger partial charge in [-0.2, -0.15) is 5.10 Å². The molecule has 4 nitrogen and oxygen atoms in total. The lowest BCUT2D eigenvalue weighted by atomic mass is 10.1. The molecule has 0 aromatic heterocycles. The van der Waals surface area contributed by atoms with E-state index in [0.29, 0.717) is 13.0 Å². The van der Waals surface area contributed by atoms with Gasteiger partial charge in [0.1, 0.15) is 12.4 Å². The van der Waals surface area contributed by atoms with Crippen LogP contribution < -0.4 is 10.2 Å². The Morgan fingerprint density at radius 2 is 1.67 bits per heavy atom. The standard InChI is InChI=1S/C27H22I2N2O2/c1-18-9-11-19(12-10-18)15-26(32)31-30-16-20-13-24(28)27(25(29)14-20)33-17-22-7-4-6-21-5-2-3-8-23(21)22/h2-14,16H,15,17H2,1H3,(H,31,32)/b30-16+. The molecule has 0 heterocycles. The van der Waals surface area contributed by atoms with Crippen molar-refractivity contribution in [3.8, 4) is 5.75 Å². The molecule has 0 aliphatic heterocycles. The first-order chi connectivity index (χ1) is 16.0. The highest BCUT2D eigenvalue weighted by atomic mass is 127. The van der Waals surface area contributed by atoms with E-state index < -0.39 is 0 Å². The number of halogens is 2. The fraction of sp³-hybridized carbons (Fsp3) is 0.111. The Morgan fingerprint density at radius 3 is 2.42 bits per heavy atom. The van der Waals surface area contributed by atoms with Gasteiger partial charge in [-0.15, -0.1) is 0 Å². The number of hydrogen-bond donors (Lipinski definition) is 1. The number of nitrogens with zero attached hydrogens (tertiary/aromatic N) is 1. The van der Waals surface area contributed by atoms with Crippen molar-refractivity contribution in [2.75, 3.05) is 0 Å². The number of hydrogen-bond acceptors (Lipinski definition) is 3. The summed E-state index contributed by atoms with van der Waals surface area (Å²) in [6.45, 7) is 2.52. The van der Waals surface area contributed by atoms with Gasteiger partial charge < -0.3 is 4.74 Å². The van der Waals surface area contributed by atoms with Gasteiger partial charge >= 0.3 is 0 Å². The zero-order valence-electron chi connectivity index (χ0n) is 18.0. The second kappa shape index (κ2) is 11.1. The zero-order valence-corrected chi connectivity index (χ0v) is 22.3. The highest BCUT2D eigenvalue weighted by Crippen LogP contribution is 2.30. The third-order valence-electron chi connectivity index (χ3n) is 5.16. The number of hydrazone groups is 1. The minimum Gasteiger partial charge on any atom is -0.487 e. The molecule has 0 aliphatic carbocycles. The number of nitrogens with one attached hydrogen (secondary N) is 1. The number of fused-ring (bicyclic) bond motifs is 1. The molecule has 0 radical (unpaired) electrons. The highest BCUT2D eigenvalue weighted by Gasteiger charge is 2.10. The predicted octanol–water partition coefficient (Wildman–Crippen LogP) is 6.63. The van der Waals surface area contributed by atoms with Crippen molar-refractivity contribution in [1.82, 2.24) is 5.43 Å². The van der Waals surface area contributed by atoms with Crippen molar-refractivity contribution in [2.24, 2.45) is 5.10 Å². The maximum Gasteiger partial charge on any atom is 0.244 e. The van der Waals surface area contributed by atoms with E-state index in [1.54, 1.807) is 6.21 Å². The minimum absolute atomic E-state index is 0.144. The van der Waals surface area contributed by atoms with Gasteiger partial charge in [0.2, 0.25) is 5.91 Å². The van der Waals surface area contributed by atoms with Crippen LogP contribution in [0.4, 0.5) is 0 Å². The molecule has 0 atom stereocenters. The monoisotopic (exact) mass is 660 g/mol. The molecule has 0 spiro atoms. The van der Waals surface area contributed by atoms with Gasteiger partial charge in [-0.1, -0.05) is 72.3 Å². The van der Waals surface area contributed by atoms with Crippen LogP contribution in [0.15, 0.2) is 84.0 Å². The maximum absolute atomic E-state index is 12.1. The molecule has 4 aromatic rings. The lowest BCUT2D eigenvalue weighted by Gasteiger charge is -2.13. The molecule has 1 N–H and O–H groups in total. The van der Waals surface area contributed by atoms with Crippen LogP contribution in [-0.2, 0) is 17.8 Å². The van der Waals surface area contributed by atoms with Crippen molar-refractivity contribution in [3.05, 3.63) is 108 Å². The van der Waals surface area contributed by atoms with Crippen molar-refractivity contribution in [3.63, 3.8) is 0 Å². The molecule has 1 amide bonds. The Labute approximate surface area is 220 Å². The summed E-state index contributed by atoms with van der Waals surface area (Å²) in [7, 11) is 0. The van der Waals surface area contributed by atoms with Gasteiger partial charge in [0.15, 0.2) is 0 Å². The molecule has 33 heavy (non-hydrogen) atoms. The number of benzene rings is 4. The smallest absolute Gasteiger partial charge is 0.244 e. The van der Waals surface area contributed by atoms with E-state index in [1.165, 1.54) is 16.3 Å². The fourth-order valence-electron chi connectivity index (χ4n) is 3.47. The second-order valence-corrected chi connectivity index (χ2v) is 10.0. The van der Waals surface area contributed by atoms with E-state index in [4.69, 9.17) is 4.74 Å². The summed E-state index contributed by atoms with van der Waals surface area (Å²) in [4.78, 5) is 12.1. The minimum atomic E-state index is -0.144. The van der Waals surface area contributed by atoms with E-state index in [-0.39, 0.29) is 5.91 Å². The largest absolute Gasteiger partial charge is 0.487 e. The molecule has 0 saturated heterocycles. The third-order valence-corrected chi connectivity index (χ3v) is 6.76. The molecule has 6 heteroatoms. The normalized spacial score (nSPS) is 11.1. The quantitative estimate of drug-likeness (QED) is 0.138. The van der Waals surface area contributed by atoms with Crippen molar-refractivity contribution < 1.29 is 9.53 Å². The topological polar surface area (TPSA) is 50.7 Å². The molecule has 166 valence electrons. The second-order valence-electron chi connectivity index (χ2n) is 7.70.